The Hall–Kier alpha value is -2.18. The molecular formula is C15H18N4O2. The number of hydrogen-bond acceptors (Lipinski definition) is 4. The molecule has 1 aliphatic heterocycles. The summed E-state index contributed by atoms with van der Waals surface area (Å²) in [5.74, 6) is -0.113. The molecule has 3 rings (SSSR count). The van der Waals surface area contributed by atoms with Crippen LogP contribution in [0.25, 0.3) is 0 Å². The molecule has 1 fully saturated rings. The molecule has 1 aliphatic rings. The lowest BCUT2D eigenvalue weighted by molar-refractivity contribution is -0.128. The Kier molecular flexibility index (Phi) is 4.28. The van der Waals surface area contributed by atoms with E-state index in [1.165, 1.54) is 0 Å². The van der Waals surface area contributed by atoms with E-state index in [2.05, 4.69) is 15.7 Å². The van der Waals surface area contributed by atoms with Crippen molar-refractivity contribution < 1.29 is 9.53 Å². The van der Waals surface area contributed by atoms with Crippen LogP contribution < -0.4 is 10.6 Å². The molecule has 1 aromatic carbocycles. The van der Waals surface area contributed by atoms with Gasteiger partial charge in [-0.2, -0.15) is 5.10 Å². The second-order valence-corrected chi connectivity index (χ2v) is 4.96. The van der Waals surface area contributed by atoms with Crippen LogP contribution in [0.3, 0.4) is 0 Å². The molecular weight excluding hydrogens is 268 g/mol. The minimum Gasteiger partial charge on any atom is -0.366 e. The minimum atomic E-state index is -0.423. The van der Waals surface area contributed by atoms with Gasteiger partial charge in [0.15, 0.2) is 0 Å². The predicted octanol–water partition coefficient (Wildman–Crippen LogP) is 0.858. The van der Waals surface area contributed by atoms with Crippen molar-refractivity contribution in [1.29, 1.82) is 0 Å². The molecule has 2 aromatic rings. The number of amides is 1. The lowest BCUT2D eigenvalue weighted by Gasteiger charge is -2.22. The molecule has 0 bridgehead atoms. The number of carbonyl (C=O) groups is 1. The molecule has 1 amide bonds. The van der Waals surface area contributed by atoms with Crippen molar-refractivity contribution in [3.05, 3.63) is 48.3 Å². The summed E-state index contributed by atoms with van der Waals surface area (Å²) in [4.78, 5) is 12.1. The third-order valence-corrected chi connectivity index (χ3v) is 3.32. The first-order chi connectivity index (χ1) is 10.3. The maximum atomic E-state index is 12.1. The largest absolute Gasteiger partial charge is 0.366 e. The van der Waals surface area contributed by atoms with Crippen molar-refractivity contribution in [3.63, 3.8) is 0 Å². The molecule has 1 aromatic heterocycles. The summed E-state index contributed by atoms with van der Waals surface area (Å²) in [5, 5.41) is 10.2. The Bertz CT molecular complexity index is 591. The molecule has 6 nitrogen and oxygen atoms in total. The second kappa shape index (κ2) is 6.51. The van der Waals surface area contributed by atoms with Gasteiger partial charge in [-0.05, 0) is 23.8 Å². The molecule has 0 spiro atoms. The fourth-order valence-electron chi connectivity index (χ4n) is 2.29. The Labute approximate surface area is 123 Å². The monoisotopic (exact) mass is 286 g/mol. The summed E-state index contributed by atoms with van der Waals surface area (Å²) in [6, 6.07) is 9.65. The van der Waals surface area contributed by atoms with E-state index in [0.29, 0.717) is 19.7 Å². The zero-order valence-corrected chi connectivity index (χ0v) is 11.7. The predicted molar refractivity (Wildman–Crippen MR) is 79.0 cm³/mol. The number of morpholine rings is 1. The number of nitrogens with zero attached hydrogens (tertiary/aromatic N) is 2. The minimum absolute atomic E-state index is 0.113. The van der Waals surface area contributed by atoms with Gasteiger partial charge in [-0.1, -0.05) is 12.1 Å². The molecule has 2 N–H and O–H groups in total. The van der Waals surface area contributed by atoms with Gasteiger partial charge in [0, 0.05) is 31.2 Å². The SMILES string of the molecule is O=C(Nc1cccc(Cn2cccn2)c1)C1CNCCO1. The van der Waals surface area contributed by atoms with Crippen molar-refractivity contribution in [2.45, 2.75) is 12.6 Å². The van der Waals surface area contributed by atoms with Crippen LogP contribution in [0.2, 0.25) is 0 Å². The summed E-state index contributed by atoms with van der Waals surface area (Å²) in [5.41, 5.74) is 1.86. The number of aromatic nitrogens is 2. The third kappa shape index (κ3) is 3.68. The standard InChI is InChI=1S/C15H18N4O2/c20-15(14-10-16-6-8-21-14)18-13-4-1-3-12(9-13)11-19-7-2-5-17-19/h1-5,7,9,14,16H,6,8,10-11H2,(H,18,20). The Balaban J connectivity index is 1.63. The summed E-state index contributed by atoms with van der Waals surface area (Å²) in [6.07, 6.45) is 3.24. The Morgan fingerprint density at radius 3 is 3.19 bits per heavy atom. The summed E-state index contributed by atoms with van der Waals surface area (Å²) >= 11 is 0. The quantitative estimate of drug-likeness (QED) is 0.874. The fourth-order valence-corrected chi connectivity index (χ4v) is 2.29. The maximum absolute atomic E-state index is 12.1. The molecule has 0 radical (unpaired) electrons. The van der Waals surface area contributed by atoms with E-state index in [1.807, 2.05) is 41.2 Å². The Morgan fingerprint density at radius 2 is 2.43 bits per heavy atom. The number of nitrogens with one attached hydrogen (secondary N) is 2. The highest BCUT2D eigenvalue weighted by Gasteiger charge is 2.21. The molecule has 1 atom stereocenters. The average molecular weight is 286 g/mol. The average Bonchev–Trinajstić information content (AvgIpc) is 3.01. The Morgan fingerprint density at radius 1 is 1.48 bits per heavy atom. The summed E-state index contributed by atoms with van der Waals surface area (Å²) in [6.45, 7) is 2.59. The van der Waals surface area contributed by atoms with Gasteiger partial charge in [0.1, 0.15) is 6.10 Å². The first-order valence-electron chi connectivity index (χ1n) is 7.01. The van der Waals surface area contributed by atoms with Crippen LogP contribution >= 0.6 is 0 Å². The van der Waals surface area contributed by atoms with Crippen molar-refractivity contribution in [2.24, 2.45) is 0 Å². The first kappa shape index (κ1) is 13.8. The van der Waals surface area contributed by atoms with Crippen LogP contribution in [0.1, 0.15) is 5.56 Å². The topological polar surface area (TPSA) is 68.2 Å². The fraction of sp³-hybridized carbons (Fsp3) is 0.333. The van der Waals surface area contributed by atoms with E-state index >= 15 is 0 Å². The molecule has 21 heavy (non-hydrogen) atoms. The van der Waals surface area contributed by atoms with E-state index < -0.39 is 6.10 Å². The summed E-state index contributed by atoms with van der Waals surface area (Å²) in [7, 11) is 0. The molecule has 1 unspecified atom stereocenters. The zero-order chi connectivity index (χ0) is 14.5. The van der Waals surface area contributed by atoms with E-state index in [4.69, 9.17) is 4.74 Å². The highest BCUT2D eigenvalue weighted by Crippen LogP contribution is 2.13. The lowest BCUT2D eigenvalue weighted by atomic mass is 10.2. The number of carbonyl (C=O) groups excluding carboxylic acids is 1. The van der Waals surface area contributed by atoms with Crippen LogP contribution in [-0.2, 0) is 16.1 Å². The maximum Gasteiger partial charge on any atom is 0.254 e. The van der Waals surface area contributed by atoms with E-state index in [0.717, 1.165) is 17.8 Å². The lowest BCUT2D eigenvalue weighted by Crippen LogP contribution is -2.45. The van der Waals surface area contributed by atoms with Gasteiger partial charge < -0.3 is 15.4 Å². The molecule has 110 valence electrons. The normalized spacial score (nSPS) is 18.4. The number of ether oxygens (including phenoxy) is 1. The first-order valence-corrected chi connectivity index (χ1v) is 7.01. The van der Waals surface area contributed by atoms with Crippen molar-refractivity contribution >= 4 is 11.6 Å². The van der Waals surface area contributed by atoms with Crippen LogP contribution in [0.15, 0.2) is 42.7 Å². The van der Waals surface area contributed by atoms with Crippen LogP contribution in [-0.4, -0.2) is 41.5 Å². The highest BCUT2D eigenvalue weighted by atomic mass is 16.5. The van der Waals surface area contributed by atoms with Crippen molar-refractivity contribution in [3.8, 4) is 0 Å². The zero-order valence-electron chi connectivity index (χ0n) is 11.7. The van der Waals surface area contributed by atoms with Gasteiger partial charge in [-0.15, -0.1) is 0 Å². The molecule has 6 heteroatoms. The number of anilines is 1. The molecule has 1 saturated heterocycles. The number of rotatable bonds is 4. The highest BCUT2D eigenvalue weighted by molar-refractivity contribution is 5.94. The van der Waals surface area contributed by atoms with Crippen molar-refractivity contribution in [1.82, 2.24) is 15.1 Å². The van der Waals surface area contributed by atoms with Gasteiger partial charge in [0.05, 0.1) is 13.2 Å². The molecule has 0 aliphatic carbocycles. The van der Waals surface area contributed by atoms with Gasteiger partial charge in [-0.3, -0.25) is 9.48 Å². The van der Waals surface area contributed by atoms with Crippen LogP contribution in [0.5, 0.6) is 0 Å². The smallest absolute Gasteiger partial charge is 0.254 e. The van der Waals surface area contributed by atoms with Gasteiger partial charge >= 0.3 is 0 Å². The third-order valence-electron chi connectivity index (χ3n) is 3.32. The number of benzene rings is 1. The number of hydrogen-bond donors (Lipinski definition) is 2. The van der Waals surface area contributed by atoms with E-state index in [9.17, 15) is 4.79 Å². The molecule has 0 saturated carbocycles. The summed E-state index contributed by atoms with van der Waals surface area (Å²) < 4.78 is 7.28. The molecule has 2 heterocycles. The van der Waals surface area contributed by atoms with E-state index in [-0.39, 0.29) is 5.91 Å². The second-order valence-electron chi connectivity index (χ2n) is 4.96. The van der Waals surface area contributed by atoms with Gasteiger partial charge in [-0.25, -0.2) is 0 Å². The van der Waals surface area contributed by atoms with E-state index in [1.54, 1.807) is 6.20 Å². The van der Waals surface area contributed by atoms with Gasteiger partial charge in [0.2, 0.25) is 0 Å². The van der Waals surface area contributed by atoms with Crippen LogP contribution in [0, 0.1) is 0 Å². The van der Waals surface area contributed by atoms with Gasteiger partial charge in [0.25, 0.3) is 5.91 Å². The van der Waals surface area contributed by atoms with Crippen LogP contribution in [0.4, 0.5) is 5.69 Å². The van der Waals surface area contributed by atoms with Crippen molar-refractivity contribution in [2.75, 3.05) is 25.0 Å².